The highest BCUT2D eigenvalue weighted by Gasteiger charge is 2.45. The summed E-state index contributed by atoms with van der Waals surface area (Å²) in [6.07, 6.45) is -1.93. The number of esters is 1. The van der Waals surface area contributed by atoms with Crippen LogP contribution in [0, 0.1) is 0 Å². The summed E-state index contributed by atoms with van der Waals surface area (Å²) in [6, 6.07) is 19.1. The van der Waals surface area contributed by atoms with Gasteiger partial charge in [-0.2, -0.15) is 28.1 Å². The summed E-state index contributed by atoms with van der Waals surface area (Å²) < 4.78 is 48.6. The number of nitrogens with zero attached hydrogens (tertiary/aromatic N) is 3. The first-order valence-corrected chi connectivity index (χ1v) is 17.8. The average molecular weight is 780 g/mol. The van der Waals surface area contributed by atoms with Gasteiger partial charge in [0, 0.05) is 35.2 Å². The monoisotopic (exact) mass is 779 g/mol. The molecule has 1 heterocycles. The van der Waals surface area contributed by atoms with Crippen LogP contribution >= 0.6 is 11.6 Å². The van der Waals surface area contributed by atoms with Gasteiger partial charge in [-0.15, -0.1) is 0 Å². The van der Waals surface area contributed by atoms with Crippen LogP contribution in [0.2, 0.25) is 5.02 Å². The first kappa shape index (κ1) is 38.9. The van der Waals surface area contributed by atoms with Crippen LogP contribution in [0.15, 0.2) is 72.8 Å². The number of Topliss-reactive ketones (excluding diaryl/α,β-unsaturated/α-hetero) is 1. The lowest BCUT2D eigenvalue weighted by Crippen LogP contribution is -2.42. The third-order valence-corrected chi connectivity index (χ3v) is 9.60. The van der Waals surface area contributed by atoms with Gasteiger partial charge in [-0.1, -0.05) is 48.0 Å². The number of rotatable bonds is 16. The quantitative estimate of drug-likeness (QED) is 0.0803. The number of halogens is 4. The average Bonchev–Trinajstić information content (AvgIpc) is 3.83. The Morgan fingerprint density at radius 3 is 2.35 bits per heavy atom. The molecule has 0 spiro atoms. The molecule has 3 aromatic carbocycles. The third kappa shape index (κ3) is 10.3. The number of carbonyl (C=O) groups is 4. The number of amides is 2. The van der Waals surface area contributed by atoms with E-state index in [0.29, 0.717) is 30.1 Å². The normalized spacial score (nSPS) is 15.9. The van der Waals surface area contributed by atoms with Crippen molar-refractivity contribution in [3.63, 3.8) is 0 Å². The number of ether oxygens (including phenoxy) is 2. The van der Waals surface area contributed by atoms with Crippen molar-refractivity contribution in [2.45, 2.75) is 62.2 Å². The van der Waals surface area contributed by atoms with Crippen molar-refractivity contribution in [1.29, 1.82) is 0 Å². The Morgan fingerprint density at radius 1 is 0.945 bits per heavy atom. The maximum atomic E-state index is 13.1. The van der Waals surface area contributed by atoms with E-state index in [4.69, 9.17) is 21.1 Å². The van der Waals surface area contributed by atoms with Crippen LogP contribution in [0.25, 0.3) is 0 Å². The highest BCUT2D eigenvalue weighted by Crippen LogP contribution is 2.48. The maximum Gasteiger partial charge on any atom is 0.422 e. The van der Waals surface area contributed by atoms with Crippen LogP contribution in [-0.2, 0) is 31.1 Å². The van der Waals surface area contributed by atoms with E-state index in [1.165, 1.54) is 29.8 Å². The second-order valence-electron chi connectivity index (χ2n) is 13.2. The molecule has 6 rings (SSSR count). The maximum absolute atomic E-state index is 13.1. The van der Waals surface area contributed by atoms with E-state index in [2.05, 4.69) is 36.2 Å². The lowest BCUT2D eigenvalue weighted by Gasteiger charge is -2.19. The number of hydrogen-bond donors (Lipinski definition) is 4. The van der Waals surface area contributed by atoms with E-state index in [0.717, 1.165) is 31.1 Å². The molecule has 0 radical (unpaired) electrons. The van der Waals surface area contributed by atoms with Gasteiger partial charge in [0.15, 0.2) is 6.61 Å². The molecule has 288 valence electrons. The number of anilines is 3. The number of benzene rings is 3. The van der Waals surface area contributed by atoms with E-state index >= 15 is 0 Å². The third-order valence-electron chi connectivity index (χ3n) is 9.35. The molecule has 13 nitrogen and oxygen atoms in total. The zero-order valence-corrected chi connectivity index (χ0v) is 30.3. The Labute approximate surface area is 318 Å². The summed E-state index contributed by atoms with van der Waals surface area (Å²) in [7, 11) is 1.14. The predicted molar refractivity (Wildman–Crippen MR) is 195 cm³/mol. The van der Waals surface area contributed by atoms with Crippen molar-refractivity contribution in [1.82, 2.24) is 25.6 Å². The molecule has 17 heteroatoms. The first-order chi connectivity index (χ1) is 26.3. The fraction of sp³-hybridized carbons (Fsp3) is 0.342. The molecule has 4 aromatic rings. The number of carbonyl (C=O) groups excluding carboxylic acids is 4. The minimum Gasteiger partial charge on any atom is -0.467 e. The summed E-state index contributed by atoms with van der Waals surface area (Å²) in [4.78, 5) is 63.2. The molecule has 1 unspecified atom stereocenters. The molecule has 0 bridgehead atoms. The second kappa shape index (κ2) is 16.7. The molecule has 2 aliphatic carbocycles. The molecule has 0 aliphatic heterocycles. The number of ketones is 1. The van der Waals surface area contributed by atoms with Crippen LogP contribution in [0.3, 0.4) is 0 Å². The van der Waals surface area contributed by atoms with E-state index in [1.54, 1.807) is 12.1 Å². The molecule has 1 aromatic heterocycles. The smallest absolute Gasteiger partial charge is 0.422 e. The molecule has 0 saturated heterocycles. The van der Waals surface area contributed by atoms with Crippen molar-refractivity contribution in [3.8, 4) is 6.01 Å². The Morgan fingerprint density at radius 2 is 1.65 bits per heavy atom. The number of nitrogens with one attached hydrogen (secondary N) is 4. The minimum atomic E-state index is -4.63. The topological polar surface area (TPSA) is 174 Å². The fourth-order valence-corrected chi connectivity index (χ4v) is 6.43. The molecular weight excluding hydrogens is 743 g/mol. The second-order valence-corrected chi connectivity index (χ2v) is 13.7. The van der Waals surface area contributed by atoms with Gasteiger partial charge in [0.05, 0.1) is 12.6 Å². The molecular formula is C38H37ClF3N7O6. The van der Waals surface area contributed by atoms with E-state index in [1.807, 2.05) is 36.4 Å². The summed E-state index contributed by atoms with van der Waals surface area (Å²) in [5.41, 5.74) is 3.21. The number of fused-ring (bicyclic) bond motifs is 1. The van der Waals surface area contributed by atoms with Crippen molar-refractivity contribution >= 4 is 52.8 Å². The number of methoxy groups -OCH3 is 1. The standard InChI is InChI=1S/C38H37ClF3N7O6/c1-54-33(53)29(16-17-30(50)32(52)43-20-24-7-6-22-4-2-3-5-28(22)24)45-31(51)23-8-14-27(15-9-23)44-34-46-35(48-36(47-34)55-21-38(40,41)42)49-37(18-19-37)25-10-12-26(39)13-11-25/h2-5,8-15,24,29H,6-7,16-21H2,1H3,(H,43,52)(H,45,51)(H2,44,46,47,48,49)/t24?,29-/m0/s1. The number of aryl methyl sites for hydroxylation is 1. The first-order valence-electron chi connectivity index (χ1n) is 17.5. The highest BCUT2D eigenvalue weighted by atomic mass is 35.5. The molecule has 2 amide bonds. The molecule has 55 heavy (non-hydrogen) atoms. The summed E-state index contributed by atoms with van der Waals surface area (Å²) >= 11 is 6.03. The van der Waals surface area contributed by atoms with Crippen molar-refractivity contribution in [3.05, 3.63) is 100 Å². The Kier molecular flexibility index (Phi) is 11.8. The van der Waals surface area contributed by atoms with Crippen molar-refractivity contribution < 1.29 is 41.8 Å². The predicted octanol–water partition coefficient (Wildman–Crippen LogP) is 5.78. The van der Waals surface area contributed by atoms with Gasteiger partial charge >= 0.3 is 18.2 Å². The van der Waals surface area contributed by atoms with Gasteiger partial charge in [0.2, 0.25) is 17.7 Å². The van der Waals surface area contributed by atoms with E-state index < -0.39 is 53.9 Å². The van der Waals surface area contributed by atoms with Gasteiger partial charge in [-0.05, 0) is 85.2 Å². The Balaban J connectivity index is 1.06. The summed E-state index contributed by atoms with van der Waals surface area (Å²) in [5, 5.41) is 11.9. The van der Waals surface area contributed by atoms with Gasteiger partial charge in [-0.25, -0.2) is 4.79 Å². The molecule has 2 atom stereocenters. The van der Waals surface area contributed by atoms with Crippen LogP contribution < -0.4 is 26.0 Å². The zero-order valence-electron chi connectivity index (χ0n) is 29.5. The van der Waals surface area contributed by atoms with Gasteiger partial charge in [0.1, 0.15) is 6.04 Å². The number of alkyl halides is 3. The number of hydrogen-bond acceptors (Lipinski definition) is 11. The highest BCUT2D eigenvalue weighted by molar-refractivity contribution is 6.36. The summed E-state index contributed by atoms with van der Waals surface area (Å²) in [6.45, 7) is -1.31. The Hall–Kier alpha value is -5.77. The van der Waals surface area contributed by atoms with Crippen LogP contribution in [-0.4, -0.2) is 71.0 Å². The molecule has 4 N–H and O–H groups in total. The van der Waals surface area contributed by atoms with Crippen LogP contribution in [0.5, 0.6) is 6.01 Å². The van der Waals surface area contributed by atoms with Crippen LogP contribution in [0.1, 0.15) is 65.1 Å². The van der Waals surface area contributed by atoms with Crippen LogP contribution in [0.4, 0.5) is 30.8 Å². The zero-order chi connectivity index (χ0) is 39.2. The van der Waals surface area contributed by atoms with Gasteiger partial charge in [0.25, 0.3) is 11.8 Å². The largest absolute Gasteiger partial charge is 0.467 e. The van der Waals surface area contributed by atoms with Gasteiger partial charge < -0.3 is 30.7 Å². The molecule has 2 aliphatic rings. The SMILES string of the molecule is COC(=O)[C@H](CCC(=O)C(=O)NCC1CCc2ccccc21)NC(=O)c1ccc(Nc2nc(NC3(c4ccc(Cl)cc4)CC3)nc(OCC(F)(F)F)n2)cc1. The Bertz CT molecular complexity index is 2050. The minimum absolute atomic E-state index is 0.0254. The molecule has 1 saturated carbocycles. The summed E-state index contributed by atoms with van der Waals surface area (Å²) in [5.74, 6) is -3.01. The number of aromatic nitrogens is 3. The van der Waals surface area contributed by atoms with Crippen molar-refractivity contribution in [2.24, 2.45) is 0 Å². The fourth-order valence-electron chi connectivity index (χ4n) is 6.30. The lowest BCUT2D eigenvalue weighted by molar-refractivity contribution is -0.154. The van der Waals surface area contributed by atoms with Gasteiger partial charge in [-0.3, -0.25) is 14.4 Å². The van der Waals surface area contributed by atoms with Crippen molar-refractivity contribution in [2.75, 3.05) is 30.9 Å². The van der Waals surface area contributed by atoms with E-state index in [-0.39, 0.29) is 36.2 Å². The van der Waals surface area contributed by atoms with E-state index in [9.17, 15) is 32.3 Å². The lowest BCUT2D eigenvalue weighted by atomic mass is 10.0. The molecule has 1 fully saturated rings.